The van der Waals surface area contributed by atoms with Gasteiger partial charge < -0.3 is 14.6 Å². The number of aromatic nitrogens is 5. The first kappa shape index (κ1) is 14.7. The van der Waals surface area contributed by atoms with Crippen LogP contribution < -0.4 is 0 Å². The average Bonchev–Trinajstić information content (AvgIpc) is 3.16. The zero-order valence-electron chi connectivity index (χ0n) is 12.4. The number of piperidine rings is 1. The lowest BCUT2D eigenvalue weighted by Gasteiger charge is -2.32. The van der Waals surface area contributed by atoms with Gasteiger partial charge in [0.15, 0.2) is 0 Å². The summed E-state index contributed by atoms with van der Waals surface area (Å²) in [5, 5.41) is 20.7. The Balaban J connectivity index is 1.60. The molecule has 1 fully saturated rings. The van der Waals surface area contributed by atoms with Crippen molar-refractivity contribution in [3.8, 4) is 0 Å². The Labute approximate surface area is 128 Å². The van der Waals surface area contributed by atoms with Crippen LogP contribution in [0.25, 0.3) is 0 Å². The predicted octanol–water partition coefficient (Wildman–Crippen LogP) is 0.439. The van der Waals surface area contributed by atoms with Crippen molar-refractivity contribution in [3.05, 3.63) is 30.6 Å². The highest BCUT2D eigenvalue weighted by atomic mass is 16.4. The van der Waals surface area contributed by atoms with Crippen molar-refractivity contribution in [2.45, 2.75) is 31.8 Å². The van der Waals surface area contributed by atoms with Crippen molar-refractivity contribution in [3.63, 3.8) is 0 Å². The number of carboxylic acids is 1. The van der Waals surface area contributed by atoms with Gasteiger partial charge in [-0.1, -0.05) is 0 Å². The average molecular weight is 304 g/mol. The Kier molecular flexibility index (Phi) is 4.47. The third-order valence-corrected chi connectivity index (χ3v) is 4.10. The summed E-state index contributed by atoms with van der Waals surface area (Å²) in [4.78, 5) is 13.3. The summed E-state index contributed by atoms with van der Waals surface area (Å²) in [5.41, 5.74) is 1.02. The first-order valence-corrected chi connectivity index (χ1v) is 7.50. The second-order valence-corrected chi connectivity index (χ2v) is 5.65. The van der Waals surface area contributed by atoms with E-state index in [9.17, 15) is 4.79 Å². The molecule has 2 aromatic heterocycles. The Morgan fingerprint density at radius 3 is 2.91 bits per heavy atom. The Morgan fingerprint density at radius 2 is 2.14 bits per heavy atom. The molecule has 0 spiro atoms. The van der Waals surface area contributed by atoms with E-state index in [4.69, 9.17) is 5.11 Å². The number of carboxylic acid groups (broad SMARTS) is 1. The van der Waals surface area contributed by atoms with Crippen LogP contribution in [-0.2, 0) is 17.9 Å². The fourth-order valence-corrected chi connectivity index (χ4v) is 3.04. The normalized spacial score (nSPS) is 19.4. The van der Waals surface area contributed by atoms with Crippen molar-refractivity contribution in [2.24, 2.45) is 0 Å². The summed E-state index contributed by atoms with van der Waals surface area (Å²) < 4.78 is 3.58. The van der Waals surface area contributed by atoms with Gasteiger partial charge in [-0.3, -0.25) is 9.48 Å². The van der Waals surface area contributed by atoms with E-state index in [-0.39, 0.29) is 6.54 Å². The van der Waals surface area contributed by atoms with Gasteiger partial charge in [0, 0.05) is 37.4 Å². The minimum Gasteiger partial charge on any atom is -0.480 e. The summed E-state index contributed by atoms with van der Waals surface area (Å²) in [5.74, 6) is -0.512. The van der Waals surface area contributed by atoms with Gasteiger partial charge in [-0.15, -0.1) is 10.2 Å². The fraction of sp³-hybridized carbons (Fsp3) is 0.571. The van der Waals surface area contributed by atoms with Gasteiger partial charge in [-0.2, -0.15) is 5.10 Å². The Hall–Kier alpha value is -2.22. The van der Waals surface area contributed by atoms with Gasteiger partial charge in [0.2, 0.25) is 0 Å². The molecule has 0 aliphatic carbocycles. The maximum atomic E-state index is 10.9. The van der Waals surface area contributed by atoms with Crippen LogP contribution in [0.1, 0.15) is 24.5 Å². The maximum Gasteiger partial charge on any atom is 0.325 e. The summed E-state index contributed by atoms with van der Waals surface area (Å²) in [6, 6.07) is 1.94. The summed E-state index contributed by atoms with van der Waals surface area (Å²) in [6.45, 7) is 3.76. The monoisotopic (exact) mass is 304 g/mol. The van der Waals surface area contributed by atoms with Crippen LogP contribution in [0.15, 0.2) is 24.9 Å². The number of carbonyl (C=O) groups is 1. The second-order valence-electron chi connectivity index (χ2n) is 5.65. The topological polar surface area (TPSA) is 89.1 Å². The van der Waals surface area contributed by atoms with Gasteiger partial charge in [0.05, 0.1) is 0 Å². The third-order valence-electron chi connectivity index (χ3n) is 4.10. The molecule has 3 rings (SSSR count). The number of nitrogens with zero attached hydrogens (tertiary/aromatic N) is 6. The molecule has 2 aromatic rings. The lowest BCUT2D eigenvalue weighted by atomic mass is 9.94. The van der Waals surface area contributed by atoms with E-state index in [1.54, 1.807) is 23.5 Å². The predicted molar refractivity (Wildman–Crippen MR) is 78.3 cm³/mol. The molecule has 1 aliphatic rings. The highest BCUT2D eigenvalue weighted by Crippen LogP contribution is 2.26. The van der Waals surface area contributed by atoms with Crippen molar-refractivity contribution >= 4 is 5.97 Å². The molecule has 3 heterocycles. The van der Waals surface area contributed by atoms with E-state index in [0.717, 1.165) is 44.7 Å². The van der Waals surface area contributed by atoms with E-state index in [1.807, 2.05) is 10.6 Å². The van der Waals surface area contributed by atoms with E-state index in [1.165, 1.54) is 0 Å². The molecule has 1 N–H and O–H groups in total. The van der Waals surface area contributed by atoms with Gasteiger partial charge >= 0.3 is 5.97 Å². The molecule has 0 saturated carbocycles. The molecular formula is C14H20N6O2. The molecule has 8 heteroatoms. The summed E-state index contributed by atoms with van der Waals surface area (Å²) in [6.07, 6.45) is 7.33. The summed E-state index contributed by atoms with van der Waals surface area (Å²) >= 11 is 0. The number of hydrogen-bond acceptors (Lipinski definition) is 5. The smallest absolute Gasteiger partial charge is 0.325 e. The minimum atomic E-state index is -0.856. The van der Waals surface area contributed by atoms with Crippen LogP contribution >= 0.6 is 0 Å². The minimum absolute atomic E-state index is 0.0699. The first-order chi connectivity index (χ1) is 10.7. The number of likely N-dealkylation sites (tertiary alicyclic amines) is 1. The van der Waals surface area contributed by atoms with Crippen molar-refractivity contribution in [1.82, 2.24) is 29.4 Å². The fourth-order valence-electron chi connectivity index (χ4n) is 3.04. The molecule has 118 valence electrons. The van der Waals surface area contributed by atoms with Crippen LogP contribution in [0, 0.1) is 0 Å². The Bertz CT molecular complexity index is 609. The highest BCUT2D eigenvalue weighted by molar-refractivity contribution is 5.66. The lowest BCUT2D eigenvalue weighted by Crippen LogP contribution is -2.37. The van der Waals surface area contributed by atoms with Gasteiger partial charge in [-0.05, 0) is 25.5 Å². The van der Waals surface area contributed by atoms with E-state index in [2.05, 4.69) is 20.2 Å². The molecule has 1 aliphatic heterocycles. The van der Waals surface area contributed by atoms with Gasteiger partial charge in [0.25, 0.3) is 0 Å². The number of rotatable bonds is 6. The van der Waals surface area contributed by atoms with E-state index < -0.39 is 5.97 Å². The van der Waals surface area contributed by atoms with E-state index in [0.29, 0.717) is 5.92 Å². The second kappa shape index (κ2) is 6.69. The Morgan fingerprint density at radius 1 is 1.32 bits per heavy atom. The van der Waals surface area contributed by atoms with Crippen molar-refractivity contribution in [1.29, 1.82) is 0 Å². The molecule has 0 radical (unpaired) electrons. The first-order valence-electron chi connectivity index (χ1n) is 7.50. The third kappa shape index (κ3) is 3.51. The molecule has 8 nitrogen and oxygen atoms in total. The van der Waals surface area contributed by atoms with Crippen LogP contribution in [-0.4, -0.2) is 60.2 Å². The van der Waals surface area contributed by atoms with Crippen molar-refractivity contribution in [2.75, 3.05) is 19.6 Å². The lowest BCUT2D eigenvalue weighted by molar-refractivity contribution is -0.137. The highest BCUT2D eigenvalue weighted by Gasteiger charge is 2.24. The quantitative estimate of drug-likeness (QED) is 0.833. The SMILES string of the molecule is O=C(O)Cn1nccc1[C@H]1CCCN(CCn2cnnc2)C1. The molecule has 0 unspecified atom stereocenters. The largest absolute Gasteiger partial charge is 0.480 e. The molecule has 22 heavy (non-hydrogen) atoms. The molecule has 0 aromatic carbocycles. The van der Waals surface area contributed by atoms with Crippen LogP contribution in [0.3, 0.4) is 0 Å². The zero-order valence-corrected chi connectivity index (χ0v) is 12.4. The van der Waals surface area contributed by atoms with Gasteiger partial charge in [-0.25, -0.2) is 0 Å². The number of aliphatic carboxylic acids is 1. The maximum absolute atomic E-state index is 10.9. The summed E-state index contributed by atoms with van der Waals surface area (Å²) in [7, 11) is 0. The molecule has 0 amide bonds. The van der Waals surface area contributed by atoms with E-state index >= 15 is 0 Å². The molecular weight excluding hydrogens is 284 g/mol. The number of hydrogen-bond donors (Lipinski definition) is 1. The molecule has 1 atom stereocenters. The molecule has 1 saturated heterocycles. The zero-order chi connectivity index (χ0) is 15.4. The molecule has 0 bridgehead atoms. The van der Waals surface area contributed by atoms with Crippen LogP contribution in [0.4, 0.5) is 0 Å². The standard InChI is InChI=1S/C14H20N6O2/c21-14(22)9-20-13(3-4-17-20)12-2-1-5-18(8-12)6-7-19-10-15-16-11-19/h3-4,10-12H,1-2,5-9H2,(H,21,22)/t12-/m0/s1. The van der Waals surface area contributed by atoms with Crippen LogP contribution in [0.5, 0.6) is 0 Å². The van der Waals surface area contributed by atoms with Gasteiger partial charge in [0.1, 0.15) is 19.2 Å². The van der Waals surface area contributed by atoms with Crippen molar-refractivity contribution < 1.29 is 9.90 Å². The van der Waals surface area contributed by atoms with Crippen LogP contribution in [0.2, 0.25) is 0 Å².